The molecule has 0 atom stereocenters. The summed E-state index contributed by atoms with van der Waals surface area (Å²) in [7, 11) is -3.78. The molecular weight excluding hydrogens is 415 g/mol. The van der Waals surface area contributed by atoms with Crippen molar-refractivity contribution in [3.05, 3.63) is 102 Å². The predicted octanol–water partition coefficient (Wildman–Crippen LogP) is 3.83. The van der Waals surface area contributed by atoms with Gasteiger partial charge in [-0.2, -0.15) is 0 Å². The molecule has 2 N–H and O–H groups in total. The molecule has 31 heavy (non-hydrogen) atoms. The van der Waals surface area contributed by atoms with E-state index < -0.39 is 15.8 Å². The molecule has 3 aromatic carbocycles. The fourth-order valence-corrected chi connectivity index (χ4v) is 4.37. The molecule has 0 bridgehead atoms. The maximum absolute atomic E-state index is 13.0. The average Bonchev–Trinajstić information content (AvgIpc) is 2.78. The zero-order chi connectivity index (χ0) is 22.1. The van der Waals surface area contributed by atoms with Gasteiger partial charge >= 0.3 is 0 Å². The number of halogens is 1. The van der Waals surface area contributed by atoms with Gasteiger partial charge in [-0.3, -0.25) is 4.79 Å². The van der Waals surface area contributed by atoms with Crippen molar-refractivity contribution in [1.82, 2.24) is 10.0 Å². The van der Waals surface area contributed by atoms with E-state index in [-0.39, 0.29) is 29.7 Å². The van der Waals surface area contributed by atoms with E-state index >= 15 is 0 Å². The highest BCUT2D eigenvalue weighted by molar-refractivity contribution is 7.89. The summed E-state index contributed by atoms with van der Waals surface area (Å²) in [5, 5.41) is 2.86. The molecule has 0 saturated heterocycles. The topological polar surface area (TPSA) is 75.3 Å². The lowest BCUT2D eigenvalue weighted by Gasteiger charge is -2.18. The molecule has 0 aliphatic heterocycles. The van der Waals surface area contributed by atoms with Gasteiger partial charge in [-0.1, -0.05) is 60.7 Å². The van der Waals surface area contributed by atoms with Crippen LogP contribution >= 0.6 is 0 Å². The van der Waals surface area contributed by atoms with E-state index in [0.29, 0.717) is 6.54 Å². The van der Waals surface area contributed by atoms with E-state index in [0.717, 1.165) is 18.6 Å². The molecule has 5 nitrogen and oxygen atoms in total. The predicted molar refractivity (Wildman–Crippen MR) is 119 cm³/mol. The minimum atomic E-state index is -3.78. The molecule has 3 rings (SSSR count). The molecule has 0 spiro atoms. The number of rotatable bonds is 10. The highest BCUT2D eigenvalue weighted by Gasteiger charge is 2.16. The molecule has 1 amide bonds. The Kier molecular flexibility index (Phi) is 7.92. The molecule has 162 valence electrons. The van der Waals surface area contributed by atoms with Crippen LogP contribution in [0.25, 0.3) is 0 Å². The quantitative estimate of drug-likeness (QED) is 0.503. The number of sulfonamides is 1. The second-order valence-electron chi connectivity index (χ2n) is 7.11. The second kappa shape index (κ2) is 10.8. The van der Waals surface area contributed by atoms with Crippen molar-refractivity contribution >= 4 is 15.9 Å². The number of carbonyl (C=O) groups is 1. The first-order valence-corrected chi connectivity index (χ1v) is 11.6. The fourth-order valence-electron chi connectivity index (χ4n) is 3.34. The molecule has 0 fully saturated rings. The Hall–Kier alpha value is -3.03. The first-order chi connectivity index (χ1) is 15.0. The van der Waals surface area contributed by atoms with Gasteiger partial charge in [-0.25, -0.2) is 17.5 Å². The second-order valence-corrected chi connectivity index (χ2v) is 8.88. The number of benzene rings is 3. The standard InChI is InChI=1S/C24H25FN2O3S/c25-21-11-13-22(14-12-21)31(29,30)27-18-16-24(28)26-17-15-23(19-7-3-1-4-8-19)20-9-5-2-6-10-20/h1-14,23,27H,15-18H2,(H,26,28). The zero-order valence-electron chi connectivity index (χ0n) is 17.0. The van der Waals surface area contributed by atoms with Crippen molar-refractivity contribution in [3.8, 4) is 0 Å². The van der Waals surface area contributed by atoms with Crippen molar-refractivity contribution in [1.29, 1.82) is 0 Å². The number of nitrogens with one attached hydrogen (secondary N) is 2. The van der Waals surface area contributed by atoms with Crippen molar-refractivity contribution in [2.45, 2.75) is 23.7 Å². The van der Waals surface area contributed by atoms with Crippen LogP contribution in [0, 0.1) is 5.82 Å². The molecule has 0 heterocycles. The summed E-state index contributed by atoms with van der Waals surface area (Å²) in [6.07, 6.45) is 0.739. The summed E-state index contributed by atoms with van der Waals surface area (Å²) in [6, 6.07) is 24.8. The summed E-state index contributed by atoms with van der Waals surface area (Å²) >= 11 is 0. The number of amides is 1. The Bertz CT molecular complexity index is 1030. The van der Waals surface area contributed by atoms with E-state index in [1.165, 1.54) is 23.3 Å². The first-order valence-electron chi connectivity index (χ1n) is 10.1. The van der Waals surface area contributed by atoms with E-state index in [2.05, 4.69) is 34.3 Å². The zero-order valence-corrected chi connectivity index (χ0v) is 17.8. The van der Waals surface area contributed by atoms with Crippen LogP contribution < -0.4 is 10.0 Å². The highest BCUT2D eigenvalue weighted by Crippen LogP contribution is 2.27. The summed E-state index contributed by atoms with van der Waals surface area (Å²) in [6.45, 7) is 0.435. The van der Waals surface area contributed by atoms with E-state index in [9.17, 15) is 17.6 Å². The van der Waals surface area contributed by atoms with Gasteiger partial charge < -0.3 is 5.32 Å². The smallest absolute Gasteiger partial charge is 0.240 e. The molecule has 3 aromatic rings. The lowest BCUT2D eigenvalue weighted by Crippen LogP contribution is -2.31. The van der Waals surface area contributed by atoms with Gasteiger partial charge in [0.1, 0.15) is 5.82 Å². The third-order valence-corrected chi connectivity index (χ3v) is 6.40. The number of hydrogen-bond donors (Lipinski definition) is 2. The minimum Gasteiger partial charge on any atom is -0.356 e. The Labute approximate surface area is 182 Å². The van der Waals surface area contributed by atoms with Crippen LogP contribution in [-0.2, 0) is 14.8 Å². The normalized spacial score (nSPS) is 11.4. The van der Waals surface area contributed by atoms with Crippen LogP contribution in [0.5, 0.6) is 0 Å². The van der Waals surface area contributed by atoms with Crippen molar-refractivity contribution in [2.75, 3.05) is 13.1 Å². The molecule has 0 aliphatic carbocycles. The maximum Gasteiger partial charge on any atom is 0.240 e. The molecule has 7 heteroatoms. The van der Waals surface area contributed by atoms with Crippen molar-refractivity contribution in [2.24, 2.45) is 0 Å². The third kappa shape index (κ3) is 6.73. The Morgan fingerprint density at radius 3 is 1.90 bits per heavy atom. The van der Waals surface area contributed by atoms with E-state index in [1.54, 1.807) is 0 Å². The van der Waals surface area contributed by atoms with Gasteiger partial charge in [0.15, 0.2) is 0 Å². The summed E-state index contributed by atoms with van der Waals surface area (Å²) < 4.78 is 39.7. The molecule has 0 unspecified atom stereocenters. The van der Waals surface area contributed by atoms with Gasteiger partial charge in [0.2, 0.25) is 15.9 Å². The maximum atomic E-state index is 13.0. The lowest BCUT2D eigenvalue weighted by molar-refractivity contribution is -0.120. The van der Waals surface area contributed by atoms with Crippen LogP contribution in [0.3, 0.4) is 0 Å². The van der Waals surface area contributed by atoms with E-state index in [1.807, 2.05) is 36.4 Å². The summed E-state index contributed by atoms with van der Waals surface area (Å²) in [5.74, 6) is -0.594. The third-order valence-electron chi connectivity index (χ3n) is 4.93. The van der Waals surface area contributed by atoms with Crippen LogP contribution in [0.1, 0.15) is 29.9 Å². The van der Waals surface area contributed by atoms with Crippen LogP contribution in [-0.4, -0.2) is 27.4 Å². The Morgan fingerprint density at radius 2 is 1.35 bits per heavy atom. The number of carbonyl (C=O) groups excluding carboxylic acids is 1. The minimum absolute atomic E-state index is 0.0156. The molecular formula is C24H25FN2O3S. The van der Waals surface area contributed by atoms with Crippen molar-refractivity contribution < 1.29 is 17.6 Å². The highest BCUT2D eigenvalue weighted by atomic mass is 32.2. The van der Waals surface area contributed by atoms with Gasteiger partial charge in [-0.15, -0.1) is 0 Å². The van der Waals surface area contributed by atoms with Crippen LogP contribution in [0.15, 0.2) is 89.8 Å². The van der Waals surface area contributed by atoms with Gasteiger partial charge in [0.25, 0.3) is 0 Å². The lowest BCUT2D eigenvalue weighted by atomic mass is 9.88. The van der Waals surface area contributed by atoms with E-state index in [4.69, 9.17) is 0 Å². The first kappa shape index (κ1) is 22.7. The monoisotopic (exact) mass is 440 g/mol. The largest absolute Gasteiger partial charge is 0.356 e. The summed E-state index contributed by atoms with van der Waals surface area (Å²) in [5.41, 5.74) is 2.35. The van der Waals surface area contributed by atoms with Crippen molar-refractivity contribution in [3.63, 3.8) is 0 Å². The fraction of sp³-hybridized carbons (Fsp3) is 0.208. The molecule has 0 radical (unpaired) electrons. The molecule has 0 saturated carbocycles. The SMILES string of the molecule is O=C(CCNS(=O)(=O)c1ccc(F)cc1)NCCC(c1ccccc1)c1ccccc1. The van der Waals surface area contributed by atoms with Crippen LogP contribution in [0.2, 0.25) is 0 Å². The van der Waals surface area contributed by atoms with Gasteiger partial charge in [-0.05, 0) is 41.8 Å². The number of hydrogen-bond acceptors (Lipinski definition) is 3. The Balaban J connectivity index is 1.49. The van der Waals surface area contributed by atoms with Gasteiger partial charge in [0, 0.05) is 25.4 Å². The average molecular weight is 441 g/mol. The molecule has 0 aliphatic rings. The van der Waals surface area contributed by atoms with Gasteiger partial charge in [0.05, 0.1) is 4.90 Å². The van der Waals surface area contributed by atoms with Crippen LogP contribution in [0.4, 0.5) is 4.39 Å². The Morgan fingerprint density at radius 1 is 0.806 bits per heavy atom. The molecule has 0 aromatic heterocycles. The summed E-state index contributed by atoms with van der Waals surface area (Å²) in [4.78, 5) is 12.1.